The number of thioether (sulfide) groups is 1. The molecule has 0 aromatic heterocycles. The highest BCUT2D eigenvalue weighted by Crippen LogP contribution is 2.18. The number of nitrogens with one attached hydrogen (secondary N) is 2. The number of sulfonamides is 1. The van der Waals surface area contributed by atoms with Crippen LogP contribution in [0.3, 0.4) is 0 Å². The molecule has 0 radical (unpaired) electrons. The second-order valence-electron chi connectivity index (χ2n) is 3.43. The maximum absolute atomic E-state index is 11.9. The van der Waals surface area contributed by atoms with Crippen molar-refractivity contribution in [3.8, 4) is 0 Å². The number of hydrogen-bond acceptors (Lipinski definition) is 4. The van der Waals surface area contributed by atoms with Gasteiger partial charge in [0.25, 0.3) is 0 Å². The zero-order valence-electron chi connectivity index (χ0n) is 10.5. The van der Waals surface area contributed by atoms with Gasteiger partial charge in [0.2, 0.25) is 10.0 Å². The van der Waals surface area contributed by atoms with Gasteiger partial charge in [-0.05, 0) is 31.0 Å². The molecule has 0 bridgehead atoms. The van der Waals surface area contributed by atoms with Crippen molar-refractivity contribution in [2.24, 2.45) is 0 Å². The number of likely N-dealkylation sites (N-methyl/N-ethyl adjacent to an activating group) is 1. The number of benzene rings is 1. The Morgan fingerprint density at radius 2 is 2.00 bits per heavy atom. The molecule has 0 saturated heterocycles. The summed E-state index contributed by atoms with van der Waals surface area (Å²) in [6.45, 7) is 3.86. The molecule has 1 aromatic rings. The normalized spacial score (nSPS) is 11.0. The van der Waals surface area contributed by atoms with Crippen LogP contribution < -0.4 is 10.0 Å². The lowest BCUT2D eigenvalue weighted by atomic mass is 10.4. The fourth-order valence-corrected chi connectivity index (χ4v) is 2.91. The van der Waals surface area contributed by atoms with Crippen molar-refractivity contribution in [3.63, 3.8) is 0 Å². The van der Waals surface area contributed by atoms with Gasteiger partial charge in [-0.2, -0.15) is 0 Å². The van der Waals surface area contributed by atoms with Gasteiger partial charge >= 0.3 is 0 Å². The molecule has 2 N–H and O–H groups in total. The number of hydrogen-bond donors (Lipinski definition) is 2. The van der Waals surface area contributed by atoms with E-state index >= 15 is 0 Å². The minimum atomic E-state index is -3.38. The predicted molar refractivity (Wildman–Crippen MR) is 79.2 cm³/mol. The molecule has 1 rings (SSSR count). The van der Waals surface area contributed by atoms with Gasteiger partial charge in [-0.15, -0.1) is 24.2 Å². The lowest BCUT2D eigenvalue weighted by Crippen LogP contribution is -2.31. The lowest BCUT2D eigenvalue weighted by Gasteiger charge is -2.07. The van der Waals surface area contributed by atoms with Gasteiger partial charge in [-0.25, -0.2) is 13.1 Å². The molecule has 0 atom stereocenters. The first-order chi connectivity index (χ1) is 8.10. The Kier molecular flexibility index (Phi) is 8.64. The third kappa shape index (κ3) is 5.58. The molecule has 0 unspecified atom stereocenters. The van der Waals surface area contributed by atoms with Gasteiger partial charge in [0.15, 0.2) is 0 Å². The summed E-state index contributed by atoms with van der Waals surface area (Å²) in [6.07, 6.45) is 1.92. The molecular formula is C11H19ClN2O2S2. The van der Waals surface area contributed by atoms with E-state index in [1.807, 2.05) is 19.2 Å². The van der Waals surface area contributed by atoms with E-state index in [0.717, 1.165) is 11.4 Å². The summed E-state index contributed by atoms with van der Waals surface area (Å²) in [4.78, 5) is 1.26. The molecule has 0 saturated carbocycles. The van der Waals surface area contributed by atoms with Crippen molar-refractivity contribution in [3.05, 3.63) is 24.3 Å². The Morgan fingerprint density at radius 3 is 2.61 bits per heavy atom. The molecule has 0 heterocycles. The van der Waals surface area contributed by atoms with Crippen LogP contribution in [0, 0.1) is 0 Å². The summed E-state index contributed by atoms with van der Waals surface area (Å²) in [5, 5.41) is 3.06. The highest BCUT2D eigenvalue weighted by atomic mass is 35.5. The molecule has 4 nitrogen and oxygen atoms in total. The number of halogens is 1. The van der Waals surface area contributed by atoms with Gasteiger partial charge < -0.3 is 5.32 Å². The second kappa shape index (κ2) is 8.77. The molecule has 0 spiro atoms. The van der Waals surface area contributed by atoms with Gasteiger partial charge in [0, 0.05) is 18.0 Å². The van der Waals surface area contributed by atoms with Crippen LogP contribution in [0.2, 0.25) is 0 Å². The van der Waals surface area contributed by atoms with E-state index in [-0.39, 0.29) is 12.4 Å². The maximum atomic E-state index is 11.9. The average Bonchev–Trinajstić information content (AvgIpc) is 2.35. The van der Waals surface area contributed by atoms with Crippen LogP contribution in [0.5, 0.6) is 0 Å². The first-order valence-electron chi connectivity index (χ1n) is 5.44. The molecule has 0 fully saturated rings. The van der Waals surface area contributed by atoms with Gasteiger partial charge in [-0.3, -0.25) is 0 Å². The van der Waals surface area contributed by atoms with E-state index < -0.39 is 10.0 Å². The summed E-state index contributed by atoms with van der Waals surface area (Å²) in [5.74, 6) is 0. The zero-order chi connectivity index (χ0) is 12.7. The fourth-order valence-electron chi connectivity index (χ4n) is 1.30. The minimum Gasteiger partial charge on any atom is -0.316 e. The SMILES string of the molecule is CCNCCNS(=O)(=O)c1cccc(SC)c1.Cl. The highest BCUT2D eigenvalue weighted by Gasteiger charge is 2.13. The molecule has 0 aliphatic rings. The van der Waals surface area contributed by atoms with Crippen molar-refractivity contribution in [1.29, 1.82) is 0 Å². The van der Waals surface area contributed by atoms with Crippen molar-refractivity contribution < 1.29 is 8.42 Å². The molecule has 7 heteroatoms. The standard InChI is InChI=1S/C11H18N2O2S2.ClH/c1-3-12-7-8-13-17(14,15)11-6-4-5-10(9-11)16-2;/h4-6,9,12-13H,3,7-8H2,1-2H3;1H. The largest absolute Gasteiger partial charge is 0.316 e. The van der Waals surface area contributed by atoms with Crippen LogP contribution >= 0.6 is 24.2 Å². The third-order valence-corrected chi connectivity index (χ3v) is 4.38. The fraction of sp³-hybridized carbons (Fsp3) is 0.455. The Hall–Kier alpha value is -0.270. The van der Waals surface area contributed by atoms with Crippen LogP contribution in [0.4, 0.5) is 0 Å². The summed E-state index contributed by atoms with van der Waals surface area (Å²) in [7, 11) is -3.38. The van der Waals surface area contributed by atoms with Gasteiger partial charge in [0.1, 0.15) is 0 Å². The monoisotopic (exact) mass is 310 g/mol. The van der Waals surface area contributed by atoms with Crippen LogP contribution in [0.25, 0.3) is 0 Å². The molecule has 1 aromatic carbocycles. The quantitative estimate of drug-likeness (QED) is 0.595. The summed E-state index contributed by atoms with van der Waals surface area (Å²) >= 11 is 1.53. The summed E-state index contributed by atoms with van der Waals surface area (Å²) in [5.41, 5.74) is 0. The van der Waals surface area contributed by atoms with Crippen molar-refractivity contribution >= 4 is 34.2 Å². The van der Waals surface area contributed by atoms with E-state index in [0.29, 0.717) is 18.0 Å². The van der Waals surface area contributed by atoms with Crippen LogP contribution in [0.1, 0.15) is 6.92 Å². The van der Waals surface area contributed by atoms with Crippen LogP contribution in [-0.2, 0) is 10.0 Å². The van der Waals surface area contributed by atoms with E-state index in [1.165, 1.54) is 11.8 Å². The van der Waals surface area contributed by atoms with Gasteiger partial charge in [0.05, 0.1) is 4.90 Å². The summed E-state index contributed by atoms with van der Waals surface area (Å²) in [6, 6.07) is 6.93. The Labute approximate surface area is 119 Å². The van der Waals surface area contributed by atoms with Crippen molar-refractivity contribution in [2.75, 3.05) is 25.9 Å². The van der Waals surface area contributed by atoms with Gasteiger partial charge in [-0.1, -0.05) is 13.0 Å². The predicted octanol–water partition coefficient (Wildman–Crippen LogP) is 1.72. The highest BCUT2D eigenvalue weighted by molar-refractivity contribution is 7.98. The van der Waals surface area contributed by atoms with Crippen LogP contribution in [-0.4, -0.2) is 34.3 Å². The molecule has 0 aliphatic heterocycles. The summed E-state index contributed by atoms with van der Waals surface area (Å²) < 4.78 is 26.4. The molecule has 0 amide bonds. The zero-order valence-corrected chi connectivity index (χ0v) is 12.9. The minimum absolute atomic E-state index is 0. The van der Waals surface area contributed by atoms with E-state index in [2.05, 4.69) is 10.0 Å². The smallest absolute Gasteiger partial charge is 0.240 e. The van der Waals surface area contributed by atoms with E-state index in [9.17, 15) is 8.42 Å². The third-order valence-electron chi connectivity index (χ3n) is 2.20. The first-order valence-corrected chi connectivity index (χ1v) is 8.15. The first kappa shape index (κ1) is 17.7. The Bertz CT molecular complexity index is 452. The second-order valence-corrected chi connectivity index (χ2v) is 6.08. The topological polar surface area (TPSA) is 58.2 Å². The molecular weight excluding hydrogens is 292 g/mol. The van der Waals surface area contributed by atoms with Crippen LogP contribution in [0.15, 0.2) is 34.1 Å². The average molecular weight is 311 g/mol. The molecule has 104 valence electrons. The molecule has 18 heavy (non-hydrogen) atoms. The van der Waals surface area contributed by atoms with Crippen molar-refractivity contribution in [1.82, 2.24) is 10.0 Å². The van der Waals surface area contributed by atoms with Crippen molar-refractivity contribution in [2.45, 2.75) is 16.7 Å². The molecule has 0 aliphatic carbocycles. The maximum Gasteiger partial charge on any atom is 0.240 e. The van der Waals surface area contributed by atoms with E-state index in [4.69, 9.17) is 0 Å². The lowest BCUT2D eigenvalue weighted by molar-refractivity contribution is 0.577. The number of rotatable bonds is 7. The Morgan fingerprint density at radius 1 is 1.28 bits per heavy atom. The van der Waals surface area contributed by atoms with E-state index in [1.54, 1.807) is 18.2 Å². The Balaban J connectivity index is 0.00000289.